The van der Waals surface area contributed by atoms with Crippen molar-refractivity contribution >= 4 is 5.91 Å². The second kappa shape index (κ2) is 6.10. The number of hydrogen-bond donors (Lipinski definition) is 1. The first-order chi connectivity index (χ1) is 10.3. The van der Waals surface area contributed by atoms with Crippen LogP contribution in [0.5, 0.6) is 0 Å². The van der Waals surface area contributed by atoms with Gasteiger partial charge in [-0.25, -0.2) is 10.5 Å². The highest BCUT2D eigenvalue weighted by atomic mass is 16.6. The van der Waals surface area contributed by atoms with Crippen LogP contribution in [0.2, 0.25) is 0 Å². The van der Waals surface area contributed by atoms with Gasteiger partial charge in [0.15, 0.2) is 5.69 Å². The summed E-state index contributed by atoms with van der Waals surface area (Å²) in [5, 5.41) is 0. The lowest BCUT2D eigenvalue weighted by Crippen LogP contribution is -2.23. The number of hydrogen-bond acceptors (Lipinski definition) is 3. The van der Waals surface area contributed by atoms with Crippen LogP contribution in [0, 0.1) is 0 Å². The van der Waals surface area contributed by atoms with E-state index in [1.807, 2.05) is 30.3 Å². The van der Waals surface area contributed by atoms with Crippen LogP contribution in [0.1, 0.15) is 35.4 Å². The standard InChI is InChI=1S/C16H19N3O2/c1-21-18-16(20)14-13-10-6-3-7-11-19(13)15(17-14)12-8-4-2-5-9-12/h2,4-5,8-9H,3,6-7,10-11H2,1H3,(H,18,20). The van der Waals surface area contributed by atoms with Crippen molar-refractivity contribution in [3.05, 3.63) is 41.7 Å². The molecule has 2 heterocycles. The number of fused-ring (bicyclic) bond motifs is 1. The quantitative estimate of drug-likeness (QED) is 0.882. The SMILES string of the molecule is CONC(=O)c1nc(-c2ccccc2)n2c1CCCCC2. The number of imidazole rings is 1. The predicted molar refractivity (Wildman–Crippen MR) is 79.7 cm³/mol. The molecule has 110 valence electrons. The first-order valence-electron chi connectivity index (χ1n) is 7.29. The summed E-state index contributed by atoms with van der Waals surface area (Å²) in [6.07, 6.45) is 4.27. The summed E-state index contributed by atoms with van der Waals surface area (Å²) in [4.78, 5) is 21.5. The number of rotatable bonds is 3. The molecule has 5 nitrogen and oxygen atoms in total. The van der Waals surface area contributed by atoms with E-state index in [0.29, 0.717) is 5.69 Å². The summed E-state index contributed by atoms with van der Waals surface area (Å²) >= 11 is 0. The van der Waals surface area contributed by atoms with Gasteiger partial charge < -0.3 is 4.57 Å². The number of carbonyl (C=O) groups is 1. The highest BCUT2D eigenvalue weighted by molar-refractivity contribution is 5.93. The molecule has 1 aliphatic heterocycles. The number of nitrogens with one attached hydrogen (secondary N) is 1. The molecule has 0 radical (unpaired) electrons. The maximum Gasteiger partial charge on any atom is 0.295 e. The van der Waals surface area contributed by atoms with Gasteiger partial charge in [0.05, 0.1) is 12.8 Å². The molecule has 0 unspecified atom stereocenters. The van der Waals surface area contributed by atoms with Crippen LogP contribution in [0.4, 0.5) is 0 Å². The van der Waals surface area contributed by atoms with E-state index in [0.717, 1.165) is 42.9 Å². The largest absolute Gasteiger partial charge is 0.327 e. The van der Waals surface area contributed by atoms with Crippen molar-refractivity contribution in [2.24, 2.45) is 0 Å². The van der Waals surface area contributed by atoms with Gasteiger partial charge in [-0.2, -0.15) is 0 Å². The van der Waals surface area contributed by atoms with Gasteiger partial charge in [0.25, 0.3) is 5.91 Å². The van der Waals surface area contributed by atoms with Crippen molar-refractivity contribution < 1.29 is 9.63 Å². The molecule has 21 heavy (non-hydrogen) atoms. The molecule has 3 rings (SSSR count). The molecule has 1 aliphatic rings. The van der Waals surface area contributed by atoms with Crippen LogP contribution in [0.25, 0.3) is 11.4 Å². The average molecular weight is 285 g/mol. The number of hydroxylamine groups is 1. The van der Waals surface area contributed by atoms with Crippen molar-refractivity contribution in [1.29, 1.82) is 0 Å². The molecule has 1 aromatic carbocycles. The Labute approximate surface area is 123 Å². The lowest BCUT2D eigenvalue weighted by Gasteiger charge is -2.08. The van der Waals surface area contributed by atoms with Gasteiger partial charge in [-0.1, -0.05) is 36.8 Å². The van der Waals surface area contributed by atoms with Gasteiger partial charge >= 0.3 is 0 Å². The molecule has 1 aromatic heterocycles. The fourth-order valence-electron chi connectivity index (χ4n) is 2.85. The smallest absolute Gasteiger partial charge is 0.295 e. The van der Waals surface area contributed by atoms with E-state index in [2.05, 4.69) is 15.0 Å². The van der Waals surface area contributed by atoms with Gasteiger partial charge in [0.2, 0.25) is 0 Å². The van der Waals surface area contributed by atoms with Gasteiger partial charge in [0, 0.05) is 12.1 Å². The molecule has 0 fully saturated rings. The Morgan fingerprint density at radius 1 is 1.24 bits per heavy atom. The Bertz CT molecular complexity index is 634. The molecule has 2 aromatic rings. The normalized spacial score (nSPS) is 14.3. The van der Waals surface area contributed by atoms with Crippen molar-refractivity contribution in [3.63, 3.8) is 0 Å². The fraction of sp³-hybridized carbons (Fsp3) is 0.375. The first-order valence-corrected chi connectivity index (χ1v) is 7.29. The predicted octanol–water partition coefficient (Wildman–Crippen LogP) is 2.57. The molecule has 0 atom stereocenters. The van der Waals surface area contributed by atoms with Crippen LogP contribution in [0.15, 0.2) is 30.3 Å². The summed E-state index contributed by atoms with van der Waals surface area (Å²) in [5.74, 6) is 0.596. The first kappa shape index (κ1) is 13.8. The number of aromatic nitrogens is 2. The van der Waals surface area contributed by atoms with Gasteiger partial charge in [-0.05, 0) is 19.3 Å². The lowest BCUT2D eigenvalue weighted by atomic mass is 10.1. The van der Waals surface area contributed by atoms with E-state index in [9.17, 15) is 4.79 Å². The molecular formula is C16H19N3O2. The second-order valence-electron chi connectivity index (χ2n) is 5.19. The molecule has 1 N–H and O–H groups in total. The van der Waals surface area contributed by atoms with Crippen molar-refractivity contribution in [2.45, 2.75) is 32.2 Å². The van der Waals surface area contributed by atoms with Crippen LogP contribution in [0.3, 0.4) is 0 Å². The Morgan fingerprint density at radius 3 is 2.81 bits per heavy atom. The van der Waals surface area contributed by atoms with E-state index >= 15 is 0 Å². The van der Waals surface area contributed by atoms with Gasteiger partial charge in [0.1, 0.15) is 5.82 Å². The number of nitrogens with zero attached hydrogens (tertiary/aromatic N) is 2. The molecule has 0 saturated carbocycles. The third-order valence-corrected chi connectivity index (χ3v) is 3.81. The minimum absolute atomic E-state index is 0.273. The molecule has 5 heteroatoms. The highest BCUT2D eigenvalue weighted by Gasteiger charge is 2.24. The van der Waals surface area contributed by atoms with Crippen LogP contribution >= 0.6 is 0 Å². The summed E-state index contributed by atoms with van der Waals surface area (Å²) in [7, 11) is 1.44. The van der Waals surface area contributed by atoms with Crippen molar-refractivity contribution in [2.75, 3.05) is 7.11 Å². The van der Waals surface area contributed by atoms with Crippen LogP contribution < -0.4 is 5.48 Å². The third-order valence-electron chi connectivity index (χ3n) is 3.81. The summed E-state index contributed by atoms with van der Waals surface area (Å²) in [6.45, 7) is 0.910. The zero-order valence-electron chi connectivity index (χ0n) is 12.1. The zero-order valence-corrected chi connectivity index (χ0v) is 12.1. The third kappa shape index (κ3) is 2.69. The molecule has 1 amide bonds. The van der Waals surface area contributed by atoms with E-state index < -0.39 is 0 Å². The molecule has 0 aliphatic carbocycles. The maximum atomic E-state index is 12.2. The summed E-state index contributed by atoms with van der Waals surface area (Å²) in [6, 6.07) is 10.0. The van der Waals surface area contributed by atoms with Gasteiger partial charge in [-0.15, -0.1) is 0 Å². The lowest BCUT2D eigenvalue weighted by molar-refractivity contribution is 0.0531. The minimum atomic E-state index is -0.273. The monoisotopic (exact) mass is 285 g/mol. The highest BCUT2D eigenvalue weighted by Crippen LogP contribution is 2.27. The van der Waals surface area contributed by atoms with Crippen LogP contribution in [-0.4, -0.2) is 22.6 Å². The topological polar surface area (TPSA) is 56.1 Å². The molecule has 0 spiro atoms. The summed E-state index contributed by atoms with van der Waals surface area (Å²) < 4.78 is 2.19. The van der Waals surface area contributed by atoms with Gasteiger partial charge in [-0.3, -0.25) is 9.63 Å². The molecule has 0 bridgehead atoms. The number of benzene rings is 1. The molecule has 0 saturated heterocycles. The van der Waals surface area contributed by atoms with E-state index in [1.54, 1.807) is 0 Å². The van der Waals surface area contributed by atoms with E-state index in [-0.39, 0.29) is 5.91 Å². The second-order valence-corrected chi connectivity index (χ2v) is 5.19. The van der Waals surface area contributed by atoms with E-state index in [4.69, 9.17) is 4.84 Å². The molecular weight excluding hydrogens is 266 g/mol. The van der Waals surface area contributed by atoms with E-state index in [1.165, 1.54) is 13.5 Å². The minimum Gasteiger partial charge on any atom is -0.327 e. The Balaban J connectivity index is 2.10. The maximum absolute atomic E-state index is 12.2. The number of carbonyl (C=O) groups excluding carboxylic acids is 1. The van der Waals surface area contributed by atoms with Crippen molar-refractivity contribution in [1.82, 2.24) is 15.0 Å². The fourth-order valence-corrected chi connectivity index (χ4v) is 2.85. The Morgan fingerprint density at radius 2 is 2.05 bits per heavy atom. The number of amides is 1. The Kier molecular flexibility index (Phi) is 4.01. The van der Waals surface area contributed by atoms with Crippen LogP contribution in [-0.2, 0) is 17.8 Å². The average Bonchev–Trinajstić information content (AvgIpc) is 2.70. The summed E-state index contributed by atoms with van der Waals surface area (Å²) in [5.41, 5.74) is 4.92. The van der Waals surface area contributed by atoms with Crippen molar-refractivity contribution in [3.8, 4) is 11.4 Å². The Hall–Kier alpha value is -2.14. The zero-order chi connectivity index (χ0) is 14.7.